The normalized spacial score (nSPS) is 11.9. The Morgan fingerprint density at radius 3 is 1.68 bits per heavy atom. The molecule has 0 saturated carbocycles. The van der Waals surface area contributed by atoms with E-state index in [9.17, 15) is 9.59 Å². The number of hydrogen-bond acceptors (Lipinski definition) is 6. The minimum atomic E-state index is -0.382. The Balaban J connectivity index is 0.000000438. The fourth-order valence-corrected chi connectivity index (χ4v) is 4.58. The first-order chi connectivity index (χ1) is 16.8. The SMILES string of the molecule is C.CC(C)(C)c1ccc(CSc2cnn(C(C)(C)C)c(=O)c2Cl)cc1.CC(C)(C)n1ncc(S)c(Cl)c1=O. The van der Waals surface area contributed by atoms with E-state index in [0.29, 0.717) is 4.90 Å². The highest BCUT2D eigenvalue weighted by Gasteiger charge is 2.20. The lowest BCUT2D eigenvalue weighted by Crippen LogP contribution is -2.36. The molecule has 0 spiro atoms. The Kier molecular flexibility index (Phi) is 11.8. The molecule has 0 aliphatic heterocycles. The van der Waals surface area contributed by atoms with Gasteiger partial charge in [-0.25, -0.2) is 9.36 Å². The van der Waals surface area contributed by atoms with Gasteiger partial charge in [-0.15, -0.1) is 24.4 Å². The van der Waals surface area contributed by atoms with Gasteiger partial charge in [0.2, 0.25) is 0 Å². The van der Waals surface area contributed by atoms with Crippen LogP contribution in [0.2, 0.25) is 10.0 Å². The molecule has 3 aromatic rings. The molecule has 38 heavy (non-hydrogen) atoms. The molecule has 0 saturated heterocycles. The smallest absolute Gasteiger partial charge is 0.266 e. The van der Waals surface area contributed by atoms with E-state index in [4.69, 9.17) is 23.2 Å². The predicted molar refractivity (Wildman–Crippen MR) is 166 cm³/mol. The Labute approximate surface area is 246 Å². The number of nitrogens with zero attached hydrogens (tertiary/aromatic N) is 4. The summed E-state index contributed by atoms with van der Waals surface area (Å²) in [7, 11) is 0. The largest absolute Gasteiger partial charge is 0.287 e. The first-order valence-electron chi connectivity index (χ1n) is 11.8. The van der Waals surface area contributed by atoms with E-state index < -0.39 is 0 Å². The standard InChI is InChI=1S/C19H25ClN2OS.C8H11ClN2OS.CH4/c1-18(2,3)14-9-7-13(8-10-14)12-24-15-11-21-22(19(4,5)6)17(23)16(15)20;1-8(2,3)11-7(12)6(9)5(13)4-10-11;/h7-11H,12H2,1-6H3;4,13H,1-3H3;1H4. The Hall–Kier alpha value is -1.74. The van der Waals surface area contributed by atoms with Crippen LogP contribution < -0.4 is 11.1 Å². The van der Waals surface area contributed by atoms with Gasteiger partial charge < -0.3 is 0 Å². The number of halogens is 2. The summed E-state index contributed by atoms with van der Waals surface area (Å²) in [5.74, 6) is 0.755. The van der Waals surface area contributed by atoms with Crippen molar-refractivity contribution in [2.24, 2.45) is 0 Å². The third-order valence-corrected chi connectivity index (χ3v) is 7.68. The Morgan fingerprint density at radius 1 is 0.789 bits per heavy atom. The molecular weight excluding hydrogens is 559 g/mol. The van der Waals surface area contributed by atoms with Crippen molar-refractivity contribution in [2.75, 3.05) is 0 Å². The van der Waals surface area contributed by atoms with Crippen molar-refractivity contribution in [3.05, 3.63) is 78.5 Å². The number of rotatable bonds is 3. The zero-order valence-corrected chi connectivity index (χ0v) is 26.1. The van der Waals surface area contributed by atoms with Crippen LogP contribution in [0.3, 0.4) is 0 Å². The molecule has 2 heterocycles. The van der Waals surface area contributed by atoms with Crippen LogP contribution in [-0.4, -0.2) is 19.6 Å². The molecular formula is C28H40Cl2N4O2S2. The van der Waals surface area contributed by atoms with Crippen molar-refractivity contribution in [1.82, 2.24) is 19.6 Å². The van der Waals surface area contributed by atoms with Crippen LogP contribution >= 0.6 is 47.6 Å². The van der Waals surface area contributed by atoms with Gasteiger partial charge in [0.05, 0.1) is 28.4 Å². The van der Waals surface area contributed by atoms with Crippen molar-refractivity contribution < 1.29 is 0 Å². The highest BCUT2D eigenvalue weighted by atomic mass is 35.5. The summed E-state index contributed by atoms with van der Waals surface area (Å²) in [4.78, 5) is 25.0. The third-order valence-electron chi connectivity index (χ3n) is 5.27. The van der Waals surface area contributed by atoms with Crippen molar-refractivity contribution in [3.8, 4) is 0 Å². The monoisotopic (exact) mass is 598 g/mol. The molecule has 6 nitrogen and oxygen atoms in total. The minimum absolute atomic E-state index is 0. The molecule has 0 atom stereocenters. The quantitative estimate of drug-likeness (QED) is 0.246. The van der Waals surface area contributed by atoms with Crippen molar-refractivity contribution >= 4 is 47.6 Å². The lowest BCUT2D eigenvalue weighted by Gasteiger charge is -2.21. The average molecular weight is 600 g/mol. The molecule has 0 bridgehead atoms. The first-order valence-corrected chi connectivity index (χ1v) is 14.0. The summed E-state index contributed by atoms with van der Waals surface area (Å²) in [6.07, 6.45) is 3.15. The number of benzene rings is 1. The fourth-order valence-electron chi connectivity index (χ4n) is 3.16. The molecule has 1 aromatic carbocycles. The summed E-state index contributed by atoms with van der Waals surface area (Å²) in [6.45, 7) is 18.1. The number of thiol groups is 1. The molecule has 0 N–H and O–H groups in total. The van der Waals surface area contributed by atoms with Gasteiger partial charge in [0.25, 0.3) is 11.1 Å². The molecule has 3 rings (SSSR count). The van der Waals surface area contributed by atoms with Crippen molar-refractivity contribution in [3.63, 3.8) is 0 Å². The Morgan fingerprint density at radius 2 is 1.24 bits per heavy atom. The van der Waals surface area contributed by atoms with Crippen LogP contribution in [0.15, 0.2) is 56.0 Å². The third kappa shape index (κ3) is 8.90. The maximum Gasteiger partial charge on any atom is 0.287 e. The Bertz CT molecular complexity index is 1350. The van der Waals surface area contributed by atoms with Crippen LogP contribution in [0.25, 0.3) is 0 Å². The number of thioether (sulfide) groups is 1. The zero-order chi connectivity index (χ0) is 28.3. The first kappa shape index (κ1) is 34.3. The highest BCUT2D eigenvalue weighted by molar-refractivity contribution is 7.98. The van der Waals surface area contributed by atoms with Crippen molar-refractivity contribution in [2.45, 2.75) is 102 Å². The van der Waals surface area contributed by atoms with Gasteiger partial charge in [-0.1, -0.05) is 75.7 Å². The molecule has 210 valence electrons. The van der Waals surface area contributed by atoms with Gasteiger partial charge in [0, 0.05) is 10.6 Å². The van der Waals surface area contributed by atoms with Crippen LogP contribution in [-0.2, 0) is 22.2 Å². The van der Waals surface area contributed by atoms with Crippen LogP contribution in [0, 0.1) is 0 Å². The summed E-state index contributed by atoms with van der Waals surface area (Å²) < 4.78 is 2.77. The van der Waals surface area contributed by atoms with Gasteiger partial charge in [0.1, 0.15) is 10.0 Å². The van der Waals surface area contributed by atoms with E-state index in [2.05, 4.69) is 67.9 Å². The fraction of sp³-hybridized carbons (Fsp3) is 0.500. The van der Waals surface area contributed by atoms with Gasteiger partial charge in [0.15, 0.2) is 0 Å². The second kappa shape index (κ2) is 13.1. The molecule has 0 radical (unpaired) electrons. The molecule has 0 unspecified atom stereocenters. The average Bonchev–Trinajstić information content (AvgIpc) is 2.77. The van der Waals surface area contributed by atoms with Crippen LogP contribution in [0.5, 0.6) is 0 Å². The molecule has 0 aliphatic carbocycles. The maximum absolute atomic E-state index is 12.4. The molecule has 0 fully saturated rings. The lowest BCUT2D eigenvalue weighted by atomic mass is 9.87. The van der Waals surface area contributed by atoms with Gasteiger partial charge in [-0.05, 0) is 58.1 Å². The minimum Gasteiger partial charge on any atom is -0.266 e. The van der Waals surface area contributed by atoms with E-state index in [1.807, 2.05) is 41.5 Å². The van der Waals surface area contributed by atoms with E-state index in [1.165, 1.54) is 38.4 Å². The molecule has 10 heteroatoms. The topological polar surface area (TPSA) is 69.8 Å². The maximum atomic E-state index is 12.4. The summed E-state index contributed by atoms with van der Waals surface area (Å²) in [5, 5.41) is 8.59. The van der Waals surface area contributed by atoms with Gasteiger partial charge >= 0.3 is 0 Å². The van der Waals surface area contributed by atoms with E-state index in [0.717, 1.165) is 10.6 Å². The molecule has 0 amide bonds. The summed E-state index contributed by atoms with van der Waals surface area (Å²) in [5.41, 5.74) is 1.37. The van der Waals surface area contributed by atoms with Crippen LogP contribution in [0.1, 0.15) is 80.9 Å². The van der Waals surface area contributed by atoms with Gasteiger partial charge in [-0.3, -0.25) is 9.59 Å². The van der Waals surface area contributed by atoms with E-state index in [-0.39, 0.29) is 45.1 Å². The van der Waals surface area contributed by atoms with Crippen molar-refractivity contribution in [1.29, 1.82) is 0 Å². The number of aromatic nitrogens is 4. The second-order valence-electron chi connectivity index (χ2n) is 11.7. The second-order valence-corrected chi connectivity index (χ2v) is 13.9. The zero-order valence-electron chi connectivity index (χ0n) is 22.9. The van der Waals surface area contributed by atoms with E-state index in [1.54, 1.807) is 6.20 Å². The molecule has 0 aliphatic rings. The van der Waals surface area contributed by atoms with Gasteiger partial charge in [-0.2, -0.15) is 10.2 Å². The summed E-state index contributed by atoms with van der Waals surface area (Å²) in [6, 6.07) is 8.58. The summed E-state index contributed by atoms with van der Waals surface area (Å²) >= 11 is 17.5. The highest BCUT2D eigenvalue weighted by Crippen LogP contribution is 2.29. The number of hydrogen-bond donors (Lipinski definition) is 1. The predicted octanol–water partition coefficient (Wildman–Crippen LogP) is 7.82. The molecule has 2 aromatic heterocycles. The lowest BCUT2D eigenvalue weighted by molar-refractivity contribution is 0.336. The van der Waals surface area contributed by atoms with Crippen LogP contribution in [0.4, 0.5) is 0 Å². The van der Waals surface area contributed by atoms with E-state index >= 15 is 0 Å².